The Labute approximate surface area is 135 Å². The third-order valence-corrected chi connectivity index (χ3v) is 4.17. The largest absolute Gasteiger partial charge is 0.487 e. The van der Waals surface area contributed by atoms with Gasteiger partial charge in [-0.3, -0.25) is 14.9 Å². The topological polar surface area (TPSA) is 92.9 Å². The van der Waals surface area contributed by atoms with Gasteiger partial charge in [0.2, 0.25) is 0 Å². The number of likely N-dealkylation sites (tertiary alicyclic amines) is 1. The van der Waals surface area contributed by atoms with Crippen LogP contribution in [0.5, 0.6) is 5.75 Å². The molecule has 7 heteroatoms. The molecule has 2 rings (SSSR count). The second-order valence-electron chi connectivity index (χ2n) is 5.70. The Morgan fingerprint density at radius 3 is 2.70 bits per heavy atom. The number of carboxylic acid groups (broad SMARTS) is 1. The highest BCUT2D eigenvalue weighted by Crippen LogP contribution is 2.28. The van der Waals surface area contributed by atoms with Crippen LogP contribution in [0.1, 0.15) is 25.3 Å². The van der Waals surface area contributed by atoms with Crippen LogP contribution in [0.3, 0.4) is 0 Å². The van der Waals surface area contributed by atoms with Crippen LogP contribution >= 0.6 is 0 Å². The van der Waals surface area contributed by atoms with E-state index in [9.17, 15) is 14.9 Å². The Kier molecular flexibility index (Phi) is 5.92. The van der Waals surface area contributed by atoms with Gasteiger partial charge in [0.1, 0.15) is 0 Å². The molecular weight excluding hydrogens is 300 g/mol. The first-order valence-electron chi connectivity index (χ1n) is 7.86. The summed E-state index contributed by atoms with van der Waals surface area (Å²) in [6.07, 6.45) is 2.03. The summed E-state index contributed by atoms with van der Waals surface area (Å²) in [4.78, 5) is 23.8. The van der Waals surface area contributed by atoms with Gasteiger partial charge >= 0.3 is 11.7 Å². The molecule has 7 nitrogen and oxygen atoms in total. The van der Waals surface area contributed by atoms with Crippen LogP contribution in [0.15, 0.2) is 18.2 Å². The number of aliphatic carboxylic acids is 1. The zero-order valence-electron chi connectivity index (χ0n) is 13.2. The van der Waals surface area contributed by atoms with Crippen molar-refractivity contribution in [2.24, 2.45) is 5.92 Å². The van der Waals surface area contributed by atoms with Gasteiger partial charge in [-0.05, 0) is 50.9 Å². The van der Waals surface area contributed by atoms with Crippen LogP contribution < -0.4 is 4.74 Å². The zero-order chi connectivity index (χ0) is 16.8. The van der Waals surface area contributed by atoms with E-state index < -0.39 is 10.9 Å². The normalized spacial score (nSPS) is 16.2. The Hall–Kier alpha value is -2.15. The second-order valence-corrected chi connectivity index (χ2v) is 5.70. The van der Waals surface area contributed by atoms with Gasteiger partial charge in [0, 0.05) is 12.6 Å². The molecular formula is C16H22N2O5. The van der Waals surface area contributed by atoms with Crippen molar-refractivity contribution in [2.45, 2.75) is 26.2 Å². The highest BCUT2D eigenvalue weighted by molar-refractivity contribution is 5.70. The van der Waals surface area contributed by atoms with Crippen molar-refractivity contribution < 1.29 is 19.6 Å². The standard InChI is InChI=1S/C16H22N2O5/c1-2-23-15-4-3-12(11-14(15)18(21)22)5-8-17-9-6-13(7-10-17)16(19)20/h3-4,11,13H,2,5-10H2,1H3,(H,19,20). The Morgan fingerprint density at radius 1 is 1.43 bits per heavy atom. The van der Waals surface area contributed by atoms with Gasteiger partial charge in [0.05, 0.1) is 17.4 Å². The lowest BCUT2D eigenvalue weighted by Gasteiger charge is -2.29. The van der Waals surface area contributed by atoms with E-state index >= 15 is 0 Å². The molecule has 1 aliphatic rings. The van der Waals surface area contributed by atoms with Crippen LogP contribution in [0.4, 0.5) is 5.69 Å². The first-order chi connectivity index (χ1) is 11.0. The minimum atomic E-state index is -0.716. The summed E-state index contributed by atoms with van der Waals surface area (Å²) in [6.45, 7) is 4.47. The molecule has 1 saturated heterocycles. The molecule has 1 aromatic rings. The number of nitrogens with zero attached hydrogens (tertiary/aromatic N) is 2. The average Bonchev–Trinajstić information content (AvgIpc) is 2.54. The van der Waals surface area contributed by atoms with Crippen molar-refractivity contribution in [3.8, 4) is 5.75 Å². The van der Waals surface area contributed by atoms with Crippen LogP contribution in [0, 0.1) is 16.0 Å². The van der Waals surface area contributed by atoms with E-state index in [4.69, 9.17) is 9.84 Å². The number of carboxylic acids is 1. The van der Waals surface area contributed by atoms with Crippen molar-refractivity contribution >= 4 is 11.7 Å². The molecule has 1 aliphatic heterocycles. The molecule has 0 radical (unpaired) electrons. The van der Waals surface area contributed by atoms with Gasteiger partial charge in [0.25, 0.3) is 0 Å². The fraction of sp³-hybridized carbons (Fsp3) is 0.562. The van der Waals surface area contributed by atoms with Gasteiger partial charge in [-0.1, -0.05) is 6.07 Å². The molecule has 1 N–H and O–H groups in total. The number of carbonyl (C=O) groups is 1. The molecule has 126 valence electrons. The van der Waals surface area contributed by atoms with Crippen LogP contribution in [0.25, 0.3) is 0 Å². The number of piperidine rings is 1. The zero-order valence-corrected chi connectivity index (χ0v) is 13.2. The highest BCUT2D eigenvalue weighted by Gasteiger charge is 2.24. The lowest BCUT2D eigenvalue weighted by molar-refractivity contribution is -0.385. The lowest BCUT2D eigenvalue weighted by atomic mass is 9.97. The molecule has 0 bridgehead atoms. The van der Waals surface area contributed by atoms with E-state index in [0.717, 1.165) is 25.2 Å². The van der Waals surface area contributed by atoms with Gasteiger partial charge < -0.3 is 14.7 Å². The number of nitro groups is 1. The minimum absolute atomic E-state index is 0.00562. The van der Waals surface area contributed by atoms with Crippen molar-refractivity contribution in [3.63, 3.8) is 0 Å². The third kappa shape index (κ3) is 4.66. The first kappa shape index (κ1) is 17.2. The number of hydrogen-bond acceptors (Lipinski definition) is 5. The molecule has 0 saturated carbocycles. The molecule has 23 heavy (non-hydrogen) atoms. The van der Waals surface area contributed by atoms with E-state index in [1.807, 2.05) is 6.07 Å². The smallest absolute Gasteiger partial charge is 0.311 e. The Morgan fingerprint density at radius 2 is 2.13 bits per heavy atom. The SMILES string of the molecule is CCOc1ccc(CCN2CCC(C(=O)O)CC2)cc1[N+](=O)[O-]. The summed E-state index contributed by atoms with van der Waals surface area (Å²) in [5.74, 6) is -0.659. The second kappa shape index (κ2) is 7.92. The fourth-order valence-electron chi connectivity index (χ4n) is 2.83. The molecule has 0 aliphatic carbocycles. The predicted molar refractivity (Wildman–Crippen MR) is 84.8 cm³/mol. The number of nitro benzene ring substituents is 1. The Balaban J connectivity index is 1.92. The number of hydrogen-bond donors (Lipinski definition) is 1. The van der Waals surface area contributed by atoms with Gasteiger partial charge in [-0.15, -0.1) is 0 Å². The summed E-state index contributed by atoms with van der Waals surface area (Å²) in [7, 11) is 0. The number of benzene rings is 1. The predicted octanol–water partition coefficient (Wildman–Crippen LogP) is 2.33. The Bertz CT molecular complexity index is 568. The van der Waals surface area contributed by atoms with Crippen molar-refractivity contribution in [2.75, 3.05) is 26.2 Å². The van der Waals surface area contributed by atoms with Crippen molar-refractivity contribution in [3.05, 3.63) is 33.9 Å². The van der Waals surface area contributed by atoms with E-state index in [1.54, 1.807) is 19.1 Å². The van der Waals surface area contributed by atoms with Gasteiger partial charge in [-0.25, -0.2) is 0 Å². The molecule has 0 aromatic heterocycles. The van der Waals surface area contributed by atoms with Gasteiger partial charge in [-0.2, -0.15) is 0 Å². The van der Waals surface area contributed by atoms with E-state index in [0.29, 0.717) is 31.6 Å². The maximum atomic E-state index is 11.1. The van der Waals surface area contributed by atoms with Gasteiger partial charge in [0.15, 0.2) is 5.75 Å². The summed E-state index contributed by atoms with van der Waals surface area (Å²) in [6, 6.07) is 5.06. The van der Waals surface area contributed by atoms with Crippen LogP contribution in [-0.2, 0) is 11.2 Å². The number of rotatable bonds is 7. The number of ether oxygens (including phenoxy) is 1. The van der Waals surface area contributed by atoms with Crippen molar-refractivity contribution in [1.29, 1.82) is 0 Å². The average molecular weight is 322 g/mol. The summed E-state index contributed by atoms with van der Waals surface area (Å²) >= 11 is 0. The molecule has 1 fully saturated rings. The highest BCUT2D eigenvalue weighted by atomic mass is 16.6. The lowest BCUT2D eigenvalue weighted by Crippen LogP contribution is -2.37. The van der Waals surface area contributed by atoms with E-state index in [2.05, 4.69) is 4.90 Å². The first-order valence-corrected chi connectivity index (χ1v) is 7.86. The molecule has 0 atom stereocenters. The molecule has 0 amide bonds. The van der Waals surface area contributed by atoms with Crippen LogP contribution in [-0.4, -0.2) is 47.1 Å². The molecule has 0 unspecified atom stereocenters. The summed E-state index contributed by atoms with van der Waals surface area (Å²) in [5.41, 5.74) is 0.884. The maximum absolute atomic E-state index is 11.1. The quantitative estimate of drug-likeness (QED) is 0.612. The third-order valence-electron chi connectivity index (χ3n) is 4.17. The van der Waals surface area contributed by atoms with Crippen LogP contribution in [0.2, 0.25) is 0 Å². The maximum Gasteiger partial charge on any atom is 0.311 e. The molecule has 0 spiro atoms. The monoisotopic (exact) mass is 322 g/mol. The van der Waals surface area contributed by atoms with E-state index in [1.165, 1.54) is 0 Å². The van der Waals surface area contributed by atoms with E-state index in [-0.39, 0.29) is 11.6 Å². The molecule has 1 heterocycles. The van der Waals surface area contributed by atoms with Crippen molar-refractivity contribution in [1.82, 2.24) is 4.90 Å². The minimum Gasteiger partial charge on any atom is -0.487 e. The molecule has 1 aromatic carbocycles. The summed E-state index contributed by atoms with van der Waals surface area (Å²) in [5, 5.41) is 20.1. The fourth-order valence-corrected chi connectivity index (χ4v) is 2.83. The summed E-state index contributed by atoms with van der Waals surface area (Å²) < 4.78 is 5.27.